The summed E-state index contributed by atoms with van der Waals surface area (Å²) in [7, 11) is -3.68. The first-order valence-corrected chi connectivity index (χ1v) is 12.2. The number of halogens is 1. The van der Waals surface area contributed by atoms with Crippen LogP contribution >= 0.6 is 23.4 Å². The minimum absolute atomic E-state index is 0.0378. The number of benzene rings is 1. The van der Waals surface area contributed by atoms with Crippen molar-refractivity contribution < 1.29 is 18.0 Å². The van der Waals surface area contributed by atoms with E-state index < -0.39 is 15.9 Å². The highest BCUT2D eigenvalue weighted by Crippen LogP contribution is 2.24. The second-order valence-electron chi connectivity index (χ2n) is 6.87. The van der Waals surface area contributed by atoms with Gasteiger partial charge < -0.3 is 10.2 Å². The van der Waals surface area contributed by atoms with Crippen LogP contribution in [0.1, 0.15) is 12.8 Å². The van der Waals surface area contributed by atoms with E-state index in [0.717, 1.165) is 11.5 Å². The number of sulfonamides is 1. The summed E-state index contributed by atoms with van der Waals surface area (Å²) in [6.07, 6.45) is 1.20. The number of piperidine rings is 1. The number of rotatable bonds is 5. The average Bonchev–Trinajstić information content (AvgIpc) is 2.72. The Bertz CT molecular complexity index is 811. The number of thioether (sulfide) groups is 1. The molecule has 0 spiro atoms. The monoisotopic (exact) mass is 445 g/mol. The van der Waals surface area contributed by atoms with Gasteiger partial charge in [-0.3, -0.25) is 9.59 Å². The Kier molecular flexibility index (Phi) is 7.25. The second kappa shape index (κ2) is 9.47. The molecule has 3 rings (SSSR count). The molecule has 0 saturated carbocycles. The lowest BCUT2D eigenvalue weighted by atomic mass is 9.99. The molecule has 10 heteroatoms. The van der Waals surface area contributed by atoms with E-state index >= 15 is 0 Å². The molecule has 28 heavy (non-hydrogen) atoms. The molecule has 0 radical (unpaired) electrons. The minimum atomic E-state index is -3.68. The largest absolute Gasteiger partial charge is 0.347 e. The molecule has 1 aromatic carbocycles. The zero-order valence-electron chi connectivity index (χ0n) is 15.5. The zero-order chi connectivity index (χ0) is 20.1. The summed E-state index contributed by atoms with van der Waals surface area (Å²) in [5.74, 6) is 1.02. The van der Waals surface area contributed by atoms with Gasteiger partial charge in [0.15, 0.2) is 0 Å². The fourth-order valence-corrected chi connectivity index (χ4v) is 5.91. The summed E-state index contributed by atoms with van der Waals surface area (Å²) in [6.45, 7) is 1.86. The molecule has 2 heterocycles. The first-order valence-electron chi connectivity index (χ1n) is 9.27. The maximum atomic E-state index is 12.8. The van der Waals surface area contributed by atoms with E-state index in [9.17, 15) is 18.0 Å². The van der Waals surface area contributed by atoms with Crippen molar-refractivity contribution in [2.24, 2.45) is 5.92 Å². The van der Waals surface area contributed by atoms with Crippen molar-refractivity contribution in [3.05, 3.63) is 29.3 Å². The van der Waals surface area contributed by atoms with Crippen molar-refractivity contribution >= 4 is 45.2 Å². The maximum absolute atomic E-state index is 12.8. The molecule has 7 nitrogen and oxygen atoms in total. The molecule has 2 amide bonds. The third kappa shape index (κ3) is 5.20. The Hall–Kier alpha value is -1.29. The number of carbonyl (C=O) groups excluding carboxylic acids is 2. The Labute approximate surface area is 174 Å². The molecule has 0 aromatic heterocycles. The third-order valence-corrected chi connectivity index (χ3v) is 8.06. The van der Waals surface area contributed by atoms with E-state index in [1.54, 1.807) is 4.90 Å². The van der Waals surface area contributed by atoms with Crippen LogP contribution in [0.5, 0.6) is 0 Å². The molecule has 1 atom stereocenters. The number of hydrogen-bond acceptors (Lipinski definition) is 5. The van der Waals surface area contributed by atoms with Gasteiger partial charge >= 0.3 is 0 Å². The summed E-state index contributed by atoms with van der Waals surface area (Å²) in [5, 5.41) is 3.16. The van der Waals surface area contributed by atoms with Crippen LogP contribution in [0.25, 0.3) is 0 Å². The van der Waals surface area contributed by atoms with Gasteiger partial charge in [0.25, 0.3) is 0 Å². The van der Waals surface area contributed by atoms with Crippen LogP contribution in [0.3, 0.4) is 0 Å². The van der Waals surface area contributed by atoms with Gasteiger partial charge in [-0.15, -0.1) is 0 Å². The van der Waals surface area contributed by atoms with Crippen molar-refractivity contribution in [3.8, 4) is 0 Å². The highest BCUT2D eigenvalue weighted by molar-refractivity contribution is 7.99. The van der Waals surface area contributed by atoms with Crippen molar-refractivity contribution in [1.29, 1.82) is 0 Å². The van der Waals surface area contributed by atoms with Crippen molar-refractivity contribution in [3.63, 3.8) is 0 Å². The summed E-state index contributed by atoms with van der Waals surface area (Å²) >= 11 is 7.65. The van der Waals surface area contributed by atoms with Crippen LogP contribution in [-0.2, 0) is 19.6 Å². The quantitative estimate of drug-likeness (QED) is 0.740. The van der Waals surface area contributed by atoms with Gasteiger partial charge in [0.1, 0.15) is 0 Å². The van der Waals surface area contributed by atoms with E-state index in [4.69, 9.17) is 11.6 Å². The Morgan fingerprint density at radius 3 is 2.50 bits per heavy atom. The lowest BCUT2D eigenvalue weighted by molar-refractivity contribution is -0.134. The van der Waals surface area contributed by atoms with Crippen molar-refractivity contribution in [2.75, 3.05) is 44.2 Å². The molecule has 2 aliphatic heterocycles. The Morgan fingerprint density at radius 2 is 1.82 bits per heavy atom. The number of nitrogens with one attached hydrogen (secondary N) is 1. The molecule has 2 fully saturated rings. The molecule has 154 valence electrons. The number of hydrogen-bond donors (Lipinski definition) is 1. The summed E-state index contributed by atoms with van der Waals surface area (Å²) < 4.78 is 27.0. The standard InChI is InChI=1S/C18H24ClN3O4S2/c19-15-3-5-16(6-4-15)28(25,26)22-7-1-2-14(13-22)18(24)20-12-17(23)21-8-10-27-11-9-21/h3-6,14H,1-2,7-13H2,(H,20,24). The van der Waals surface area contributed by atoms with Gasteiger partial charge in [-0.25, -0.2) is 8.42 Å². The molecule has 1 N–H and O–H groups in total. The predicted molar refractivity (Wildman–Crippen MR) is 110 cm³/mol. The highest BCUT2D eigenvalue weighted by Gasteiger charge is 2.33. The summed E-state index contributed by atoms with van der Waals surface area (Å²) in [6, 6.07) is 6.01. The van der Waals surface area contributed by atoms with Crippen LogP contribution in [0.2, 0.25) is 5.02 Å². The molecular formula is C18H24ClN3O4S2. The Morgan fingerprint density at radius 1 is 1.14 bits per heavy atom. The van der Waals surface area contributed by atoms with Gasteiger partial charge in [-0.05, 0) is 37.1 Å². The highest BCUT2D eigenvalue weighted by atomic mass is 35.5. The van der Waals surface area contributed by atoms with Crippen LogP contribution in [0.4, 0.5) is 0 Å². The molecule has 2 saturated heterocycles. The minimum Gasteiger partial charge on any atom is -0.347 e. The molecular weight excluding hydrogens is 422 g/mol. The van der Waals surface area contributed by atoms with Gasteiger partial charge in [0.2, 0.25) is 21.8 Å². The van der Waals surface area contributed by atoms with Gasteiger partial charge in [0, 0.05) is 42.7 Å². The van der Waals surface area contributed by atoms with E-state index in [1.165, 1.54) is 28.6 Å². The van der Waals surface area contributed by atoms with E-state index in [0.29, 0.717) is 37.5 Å². The predicted octanol–water partition coefficient (Wildman–Crippen LogP) is 1.43. The van der Waals surface area contributed by atoms with Crippen LogP contribution < -0.4 is 5.32 Å². The fourth-order valence-electron chi connectivity index (χ4n) is 3.36. The first kappa shape index (κ1) is 21.4. The molecule has 0 bridgehead atoms. The molecule has 1 aromatic rings. The normalized spacial score (nSPS) is 21.3. The number of carbonyl (C=O) groups is 2. The SMILES string of the molecule is O=C(NCC(=O)N1CCSCC1)C1CCCN(S(=O)(=O)c2ccc(Cl)cc2)C1. The van der Waals surface area contributed by atoms with Gasteiger partial charge in [0.05, 0.1) is 17.4 Å². The van der Waals surface area contributed by atoms with Crippen molar-refractivity contribution in [2.45, 2.75) is 17.7 Å². The van der Waals surface area contributed by atoms with Crippen molar-refractivity contribution in [1.82, 2.24) is 14.5 Å². The lowest BCUT2D eigenvalue weighted by Crippen LogP contribution is -2.48. The van der Waals surface area contributed by atoms with E-state index in [1.807, 2.05) is 11.8 Å². The molecule has 2 aliphatic rings. The average molecular weight is 446 g/mol. The van der Waals surface area contributed by atoms with E-state index in [-0.39, 0.29) is 29.8 Å². The lowest BCUT2D eigenvalue weighted by Gasteiger charge is -2.31. The summed E-state index contributed by atoms with van der Waals surface area (Å²) in [4.78, 5) is 26.6. The first-order chi connectivity index (χ1) is 13.4. The topological polar surface area (TPSA) is 86.8 Å². The van der Waals surface area contributed by atoms with Gasteiger partial charge in [-0.2, -0.15) is 16.1 Å². The summed E-state index contributed by atoms with van der Waals surface area (Å²) in [5.41, 5.74) is 0. The molecule has 1 unspecified atom stereocenters. The van der Waals surface area contributed by atoms with Crippen LogP contribution in [-0.4, -0.2) is 73.7 Å². The third-order valence-electron chi connectivity index (χ3n) is 4.98. The number of nitrogens with zero attached hydrogens (tertiary/aromatic N) is 2. The number of amides is 2. The van der Waals surface area contributed by atoms with Crippen LogP contribution in [0, 0.1) is 5.92 Å². The van der Waals surface area contributed by atoms with Gasteiger partial charge in [-0.1, -0.05) is 11.6 Å². The zero-order valence-corrected chi connectivity index (χ0v) is 17.9. The second-order valence-corrected chi connectivity index (χ2v) is 10.5. The Balaban J connectivity index is 1.57. The van der Waals surface area contributed by atoms with Crippen LogP contribution in [0.15, 0.2) is 29.2 Å². The molecule has 0 aliphatic carbocycles. The fraction of sp³-hybridized carbons (Fsp3) is 0.556. The smallest absolute Gasteiger partial charge is 0.243 e. The van der Waals surface area contributed by atoms with E-state index in [2.05, 4.69) is 5.32 Å². The maximum Gasteiger partial charge on any atom is 0.243 e.